The second-order valence-corrected chi connectivity index (χ2v) is 12.1. The monoisotopic (exact) mass is 789 g/mol. The summed E-state index contributed by atoms with van der Waals surface area (Å²) in [7, 11) is 0. The summed E-state index contributed by atoms with van der Waals surface area (Å²) in [6.45, 7) is 17.0. The van der Waals surface area contributed by atoms with Crippen LogP contribution in [0.2, 0.25) is 0 Å². The highest BCUT2D eigenvalue weighted by Crippen LogP contribution is 2.09. The van der Waals surface area contributed by atoms with Gasteiger partial charge in [0, 0.05) is 6.61 Å². The smallest absolute Gasteiger partial charge is 0.0701 e. The van der Waals surface area contributed by atoms with Crippen LogP contribution in [0.1, 0.15) is 64.7 Å². The third-order valence-corrected chi connectivity index (χ3v) is 7.46. The molecular formula is C39H80O15. The molecule has 0 bridgehead atoms. The molecule has 0 atom stereocenters. The molecule has 54 heavy (non-hydrogen) atoms. The minimum absolute atomic E-state index is 0.0246. The van der Waals surface area contributed by atoms with Crippen LogP contribution < -0.4 is 0 Å². The van der Waals surface area contributed by atoms with E-state index in [1.165, 1.54) is 51.4 Å². The van der Waals surface area contributed by atoms with Crippen molar-refractivity contribution in [3.8, 4) is 0 Å². The Morgan fingerprint density at radius 2 is 0.370 bits per heavy atom. The third-order valence-electron chi connectivity index (χ3n) is 7.46. The van der Waals surface area contributed by atoms with Crippen LogP contribution in [0.5, 0.6) is 0 Å². The summed E-state index contributed by atoms with van der Waals surface area (Å²) in [5.74, 6) is 0. The lowest BCUT2D eigenvalue weighted by Gasteiger charge is -2.09. The molecular weight excluding hydrogens is 708 g/mol. The maximum Gasteiger partial charge on any atom is 0.0701 e. The zero-order chi connectivity index (χ0) is 38.8. The maximum atomic E-state index is 8.59. The Bertz CT molecular complexity index is 587. The number of hydrogen-bond acceptors (Lipinski definition) is 15. The third kappa shape index (κ3) is 51.4. The molecule has 0 saturated heterocycles. The summed E-state index contributed by atoms with van der Waals surface area (Å²) in [6.07, 6.45) is 11.9. The fourth-order valence-electron chi connectivity index (χ4n) is 4.54. The SMILES string of the molecule is CCCCCCCCCCCOCCOCCOCCOCCOCCOCCOCCOCCOCCOCCOCCOCCOCCOCCO. The number of rotatable bonds is 51. The van der Waals surface area contributed by atoms with Crippen molar-refractivity contribution in [2.45, 2.75) is 64.7 Å². The number of aliphatic hydroxyl groups is 1. The first kappa shape index (κ1) is 53.4. The van der Waals surface area contributed by atoms with Crippen LogP contribution in [0.3, 0.4) is 0 Å². The molecule has 0 amide bonds. The molecule has 0 rings (SSSR count). The Labute approximate surface area is 327 Å². The summed E-state index contributed by atoms with van der Waals surface area (Å²) in [5, 5.41) is 8.59. The predicted octanol–water partition coefficient (Wildman–Crippen LogP) is 3.74. The second-order valence-electron chi connectivity index (χ2n) is 12.1. The van der Waals surface area contributed by atoms with Crippen molar-refractivity contribution < 1.29 is 71.4 Å². The van der Waals surface area contributed by atoms with Gasteiger partial charge in [-0.25, -0.2) is 0 Å². The van der Waals surface area contributed by atoms with Crippen molar-refractivity contribution in [1.82, 2.24) is 0 Å². The lowest BCUT2D eigenvalue weighted by molar-refractivity contribution is -0.0297. The van der Waals surface area contributed by atoms with E-state index in [1.807, 2.05) is 0 Å². The minimum atomic E-state index is 0.0246. The van der Waals surface area contributed by atoms with E-state index in [-0.39, 0.29) is 6.61 Å². The van der Waals surface area contributed by atoms with Gasteiger partial charge in [-0.2, -0.15) is 0 Å². The van der Waals surface area contributed by atoms with Crippen molar-refractivity contribution in [3.05, 3.63) is 0 Å². The van der Waals surface area contributed by atoms with Gasteiger partial charge >= 0.3 is 0 Å². The molecule has 15 nitrogen and oxygen atoms in total. The predicted molar refractivity (Wildman–Crippen MR) is 206 cm³/mol. The van der Waals surface area contributed by atoms with E-state index >= 15 is 0 Å². The van der Waals surface area contributed by atoms with Gasteiger partial charge in [-0.05, 0) is 6.42 Å². The van der Waals surface area contributed by atoms with Gasteiger partial charge in [0.05, 0.1) is 185 Å². The van der Waals surface area contributed by atoms with Gasteiger partial charge in [0.1, 0.15) is 0 Å². The number of aliphatic hydroxyl groups excluding tert-OH is 1. The van der Waals surface area contributed by atoms with Crippen molar-refractivity contribution in [2.24, 2.45) is 0 Å². The molecule has 15 heteroatoms. The quantitative estimate of drug-likeness (QED) is 0.0892. The molecule has 0 aromatic heterocycles. The van der Waals surface area contributed by atoms with Crippen LogP contribution in [0, 0.1) is 0 Å². The van der Waals surface area contributed by atoms with Gasteiger partial charge in [0.15, 0.2) is 0 Å². The van der Waals surface area contributed by atoms with E-state index in [1.54, 1.807) is 0 Å². The molecule has 0 fully saturated rings. The Balaban J connectivity index is 3.05. The fraction of sp³-hybridized carbons (Fsp3) is 1.00. The van der Waals surface area contributed by atoms with E-state index < -0.39 is 0 Å². The normalized spacial score (nSPS) is 11.7. The van der Waals surface area contributed by atoms with Gasteiger partial charge in [-0.3, -0.25) is 0 Å². The van der Waals surface area contributed by atoms with Crippen LogP contribution in [-0.4, -0.2) is 197 Å². The minimum Gasteiger partial charge on any atom is -0.394 e. The number of ether oxygens (including phenoxy) is 14. The van der Waals surface area contributed by atoms with Crippen LogP contribution in [0.25, 0.3) is 0 Å². The largest absolute Gasteiger partial charge is 0.394 e. The number of unbranched alkanes of at least 4 members (excludes halogenated alkanes) is 8. The summed E-state index contributed by atoms with van der Waals surface area (Å²) in [4.78, 5) is 0. The molecule has 0 spiro atoms. The van der Waals surface area contributed by atoms with Gasteiger partial charge in [0.2, 0.25) is 0 Å². The van der Waals surface area contributed by atoms with E-state index in [2.05, 4.69) is 6.92 Å². The zero-order valence-electron chi connectivity index (χ0n) is 34.0. The molecule has 0 heterocycles. The lowest BCUT2D eigenvalue weighted by Crippen LogP contribution is -2.15. The average Bonchev–Trinajstić information content (AvgIpc) is 3.18. The highest BCUT2D eigenvalue weighted by atomic mass is 16.6. The molecule has 0 saturated carbocycles. The van der Waals surface area contributed by atoms with Crippen molar-refractivity contribution in [2.75, 3.05) is 192 Å². The van der Waals surface area contributed by atoms with Crippen molar-refractivity contribution in [3.63, 3.8) is 0 Å². The molecule has 0 aromatic carbocycles. The molecule has 0 aromatic rings. The van der Waals surface area contributed by atoms with E-state index in [4.69, 9.17) is 71.4 Å². The topological polar surface area (TPSA) is 149 Å². The Kier molecular flexibility index (Phi) is 51.8. The van der Waals surface area contributed by atoms with Gasteiger partial charge in [-0.1, -0.05) is 58.3 Å². The zero-order valence-corrected chi connectivity index (χ0v) is 34.0. The van der Waals surface area contributed by atoms with Crippen molar-refractivity contribution in [1.29, 1.82) is 0 Å². The molecule has 0 aliphatic heterocycles. The lowest BCUT2D eigenvalue weighted by atomic mass is 10.1. The summed E-state index contributed by atoms with van der Waals surface area (Å²) in [5.41, 5.74) is 0. The second kappa shape index (κ2) is 52.4. The van der Waals surface area contributed by atoms with Gasteiger partial charge < -0.3 is 71.4 Å². The molecule has 0 aliphatic rings. The van der Waals surface area contributed by atoms with E-state index in [0.717, 1.165) is 13.0 Å². The highest BCUT2D eigenvalue weighted by molar-refractivity contribution is 4.47. The fourth-order valence-corrected chi connectivity index (χ4v) is 4.54. The Hall–Kier alpha value is -0.600. The van der Waals surface area contributed by atoms with Crippen LogP contribution in [-0.2, 0) is 66.3 Å². The van der Waals surface area contributed by atoms with Crippen LogP contribution >= 0.6 is 0 Å². The Morgan fingerprint density at radius 3 is 0.574 bits per heavy atom. The molecule has 0 unspecified atom stereocenters. The van der Waals surface area contributed by atoms with Gasteiger partial charge in [-0.15, -0.1) is 0 Å². The standard InChI is InChI=1S/C39H80O15/c1-2-3-4-5-6-7-8-9-10-12-41-14-16-43-18-20-45-22-24-47-26-28-49-30-32-51-34-36-53-38-39-54-37-35-52-33-31-50-29-27-48-25-23-46-21-19-44-17-15-42-13-11-40/h40H,2-39H2,1H3. The van der Waals surface area contributed by atoms with Crippen LogP contribution in [0.4, 0.5) is 0 Å². The summed E-state index contributed by atoms with van der Waals surface area (Å²) >= 11 is 0. The first-order chi connectivity index (χ1) is 26.9. The first-order valence-electron chi connectivity index (χ1n) is 20.6. The summed E-state index contributed by atoms with van der Waals surface area (Å²) in [6, 6.07) is 0. The molecule has 0 aliphatic carbocycles. The molecule has 326 valence electrons. The molecule has 1 N–H and O–H groups in total. The average molecular weight is 789 g/mol. The first-order valence-corrected chi connectivity index (χ1v) is 20.6. The van der Waals surface area contributed by atoms with Gasteiger partial charge in [0.25, 0.3) is 0 Å². The maximum absolute atomic E-state index is 8.59. The van der Waals surface area contributed by atoms with E-state index in [0.29, 0.717) is 178 Å². The Morgan fingerprint density at radius 1 is 0.204 bits per heavy atom. The van der Waals surface area contributed by atoms with Crippen LogP contribution in [0.15, 0.2) is 0 Å². The van der Waals surface area contributed by atoms with E-state index in [9.17, 15) is 0 Å². The highest BCUT2D eigenvalue weighted by Gasteiger charge is 1.98. The number of hydrogen-bond donors (Lipinski definition) is 1. The summed E-state index contributed by atoms with van der Waals surface area (Å²) < 4.78 is 76.5. The molecule has 0 radical (unpaired) electrons. The van der Waals surface area contributed by atoms with Crippen molar-refractivity contribution >= 4 is 0 Å².